The van der Waals surface area contributed by atoms with E-state index >= 15 is 0 Å². The third kappa shape index (κ3) is 5.57. The van der Waals surface area contributed by atoms with Crippen molar-refractivity contribution in [3.63, 3.8) is 0 Å². The number of hydrogen-bond acceptors (Lipinski definition) is 2. The Kier molecular flexibility index (Phi) is 5.59. The minimum atomic E-state index is -0.309. The minimum Gasteiger partial charge on any atom is -0.299 e. The Balaban J connectivity index is 2.19. The monoisotopic (exact) mass is 234 g/mol. The number of halogens is 1. The van der Waals surface area contributed by atoms with Crippen LogP contribution in [0.15, 0.2) is 24.3 Å². The number of rotatable bonds is 6. The maximum Gasteiger partial charge on any atom is 0.238 e. The van der Waals surface area contributed by atoms with Crippen LogP contribution in [0, 0.1) is 18.2 Å². The van der Waals surface area contributed by atoms with Crippen molar-refractivity contribution in [3.05, 3.63) is 30.1 Å². The van der Waals surface area contributed by atoms with Gasteiger partial charge in [-0.1, -0.05) is 0 Å². The maximum absolute atomic E-state index is 12.6. The molecule has 0 heterocycles. The number of terminal acetylenes is 1. The number of unbranched alkanes of at least 4 members (excludes halogenated alkanes) is 2. The summed E-state index contributed by atoms with van der Waals surface area (Å²) in [4.78, 5) is 11.3. The molecule has 17 heavy (non-hydrogen) atoms. The first kappa shape index (κ1) is 13.0. The van der Waals surface area contributed by atoms with Crippen LogP contribution in [0.1, 0.15) is 25.7 Å². The summed E-state index contributed by atoms with van der Waals surface area (Å²) in [5, 5.41) is 0. The van der Waals surface area contributed by atoms with Crippen LogP contribution in [0.3, 0.4) is 0 Å². The van der Waals surface area contributed by atoms with Gasteiger partial charge in [0.05, 0.1) is 5.69 Å². The summed E-state index contributed by atoms with van der Waals surface area (Å²) in [7, 11) is 0. The molecule has 1 amide bonds. The highest BCUT2D eigenvalue weighted by molar-refractivity contribution is 5.77. The van der Waals surface area contributed by atoms with Gasteiger partial charge in [-0.25, -0.2) is 4.39 Å². The van der Waals surface area contributed by atoms with Crippen LogP contribution in [-0.4, -0.2) is 5.91 Å². The number of hydrazine groups is 1. The number of hydrogen-bond donors (Lipinski definition) is 2. The van der Waals surface area contributed by atoms with Gasteiger partial charge in [0.25, 0.3) is 0 Å². The predicted molar refractivity (Wildman–Crippen MR) is 65.5 cm³/mol. The summed E-state index contributed by atoms with van der Waals surface area (Å²) < 4.78 is 12.6. The third-order valence-corrected chi connectivity index (χ3v) is 2.17. The normalized spacial score (nSPS) is 9.41. The van der Waals surface area contributed by atoms with Crippen molar-refractivity contribution in [1.29, 1.82) is 0 Å². The third-order valence-electron chi connectivity index (χ3n) is 2.17. The first-order chi connectivity index (χ1) is 8.22. The van der Waals surface area contributed by atoms with Crippen molar-refractivity contribution >= 4 is 11.6 Å². The van der Waals surface area contributed by atoms with Crippen LogP contribution in [0.4, 0.5) is 10.1 Å². The smallest absolute Gasteiger partial charge is 0.238 e. The van der Waals surface area contributed by atoms with E-state index < -0.39 is 0 Å². The molecule has 90 valence electrons. The summed E-state index contributed by atoms with van der Waals surface area (Å²) in [6.07, 6.45) is 7.83. The molecule has 0 saturated heterocycles. The molecule has 0 aliphatic rings. The lowest BCUT2D eigenvalue weighted by molar-refractivity contribution is -0.120. The van der Waals surface area contributed by atoms with Gasteiger partial charge in [-0.05, 0) is 37.1 Å². The van der Waals surface area contributed by atoms with E-state index in [1.54, 1.807) is 12.1 Å². The summed E-state index contributed by atoms with van der Waals surface area (Å²) in [5.74, 6) is 2.11. The Hall–Kier alpha value is -2.02. The fourth-order valence-corrected chi connectivity index (χ4v) is 1.25. The number of carbonyl (C=O) groups excluding carboxylic acids is 1. The van der Waals surface area contributed by atoms with Crippen LogP contribution in [0.5, 0.6) is 0 Å². The summed E-state index contributed by atoms with van der Waals surface area (Å²) in [5.41, 5.74) is 5.88. The van der Waals surface area contributed by atoms with Crippen LogP contribution < -0.4 is 10.9 Å². The molecule has 0 unspecified atom stereocenters. The van der Waals surface area contributed by atoms with E-state index in [0.717, 1.165) is 12.8 Å². The Morgan fingerprint density at radius 2 is 2.00 bits per heavy atom. The van der Waals surface area contributed by atoms with Crippen molar-refractivity contribution in [2.75, 3.05) is 5.43 Å². The van der Waals surface area contributed by atoms with Crippen molar-refractivity contribution in [2.24, 2.45) is 0 Å². The van der Waals surface area contributed by atoms with Gasteiger partial charge in [0, 0.05) is 12.8 Å². The van der Waals surface area contributed by atoms with Crippen LogP contribution in [-0.2, 0) is 4.79 Å². The molecule has 1 rings (SSSR count). The van der Waals surface area contributed by atoms with E-state index in [2.05, 4.69) is 16.8 Å². The Morgan fingerprint density at radius 1 is 1.29 bits per heavy atom. The van der Waals surface area contributed by atoms with E-state index in [9.17, 15) is 9.18 Å². The molecule has 0 fully saturated rings. The lowest BCUT2D eigenvalue weighted by Gasteiger charge is -2.07. The highest BCUT2D eigenvalue weighted by Gasteiger charge is 2.00. The topological polar surface area (TPSA) is 41.1 Å². The van der Waals surface area contributed by atoms with Crippen LogP contribution in [0.2, 0.25) is 0 Å². The predicted octanol–water partition coefficient (Wildman–Crippen LogP) is 2.46. The highest BCUT2D eigenvalue weighted by Crippen LogP contribution is 2.06. The molecule has 0 aromatic heterocycles. The lowest BCUT2D eigenvalue weighted by atomic mass is 10.2. The molecule has 0 bridgehead atoms. The van der Waals surface area contributed by atoms with Gasteiger partial charge in [-0.3, -0.25) is 15.6 Å². The minimum absolute atomic E-state index is 0.105. The molecule has 4 heteroatoms. The zero-order valence-corrected chi connectivity index (χ0v) is 9.50. The largest absolute Gasteiger partial charge is 0.299 e. The zero-order valence-electron chi connectivity index (χ0n) is 9.50. The average Bonchev–Trinajstić information content (AvgIpc) is 2.34. The Labute approximate surface area is 100 Å². The van der Waals surface area contributed by atoms with Crippen molar-refractivity contribution in [3.8, 4) is 12.3 Å². The molecular formula is C13H15FN2O. The van der Waals surface area contributed by atoms with Crippen molar-refractivity contribution in [1.82, 2.24) is 5.43 Å². The fourth-order valence-electron chi connectivity index (χ4n) is 1.25. The number of carbonyl (C=O) groups is 1. The highest BCUT2D eigenvalue weighted by atomic mass is 19.1. The van der Waals surface area contributed by atoms with E-state index in [4.69, 9.17) is 6.42 Å². The SMILES string of the molecule is C#CCCCCC(=O)NNc1ccc(F)cc1. The molecule has 1 aromatic rings. The van der Waals surface area contributed by atoms with E-state index in [1.165, 1.54) is 12.1 Å². The van der Waals surface area contributed by atoms with E-state index in [1.807, 2.05) is 0 Å². The average molecular weight is 234 g/mol. The molecule has 2 N–H and O–H groups in total. The lowest BCUT2D eigenvalue weighted by Crippen LogP contribution is -2.28. The Bertz CT molecular complexity index is 395. The second kappa shape index (κ2) is 7.29. The standard InChI is InChI=1S/C13H15FN2O/c1-2-3-4-5-6-13(17)16-15-12-9-7-11(14)8-10-12/h1,7-10,15H,3-6H2,(H,16,17). The molecule has 0 aliphatic carbocycles. The first-order valence-corrected chi connectivity index (χ1v) is 5.46. The second-order valence-electron chi connectivity index (χ2n) is 3.59. The van der Waals surface area contributed by atoms with Gasteiger partial charge in [0.2, 0.25) is 5.91 Å². The van der Waals surface area contributed by atoms with Crippen LogP contribution >= 0.6 is 0 Å². The summed E-state index contributed by atoms with van der Waals surface area (Å²) in [6.45, 7) is 0. The zero-order chi connectivity index (χ0) is 12.5. The number of nitrogens with one attached hydrogen (secondary N) is 2. The molecule has 0 spiro atoms. The van der Waals surface area contributed by atoms with Gasteiger partial charge in [0.1, 0.15) is 5.82 Å². The molecule has 0 aliphatic heterocycles. The molecule has 0 atom stereocenters. The van der Waals surface area contributed by atoms with Crippen molar-refractivity contribution in [2.45, 2.75) is 25.7 Å². The van der Waals surface area contributed by atoms with Gasteiger partial charge in [-0.2, -0.15) is 0 Å². The number of amides is 1. The first-order valence-electron chi connectivity index (χ1n) is 5.46. The molecule has 1 aromatic carbocycles. The van der Waals surface area contributed by atoms with Gasteiger partial charge in [-0.15, -0.1) is 12.3 Å². The molecule has 3 nitrogen and oxygen atoms in total. The van der Waals surface area contributed by atoms with Crippen LogP contribution in [0.25, 0.3) is 0 Å². The van der Waals surface area contributed by atoms with Crippen molar-refractivity contribution < 1.29 is 9.18 Å². The number of anilines is 1. The maximum atomic E-state index is 12.6. The van der Waals surface area contributed by atoms with Gasteiger partial charge < -0.3 is 0 Å². The van der Waals surface area contributed by atoms with E-state index in [0.29, 0.717) is 18.5 Å². The summed E-state index contributed by atoms with van der Waals surface area (Å²) >= 11 is 0. The molecular weight excluding hydrogens is 219 g/mol. The quantitative estimate of drug-likeness (QED) is 0.451. The van der Waals surface area contributed by atoms with Gasteiger partial charge >= 0.3 is 0 Å². The summed E-state index contributed by atoms with van der Waals surface area (Å²) in [6, 6.07) is 5.74. The molecule has 0 radical (unpaired) electrons. The fraction of sp³-hybridized carbons (Fsp3) is 0.308. The van der Waals surface area contributed by atoms with Gasteiger partial charge in [0.15, 0.2) is 0 Å². The number of benzene rings is 1. The second-order valence-corrected chi connectivity index (χ2v) is 3.59. The molecule has 0 saturated carbocycles. The van der Waals surface area contributed by atoms with E-state index in [-0.39, 0.29) is 11.7 Å². The Morgan fingerprint density at radius 3 is 2.65 bits per heavy atom.